The summed E-state index contributed by atoms with van der Waals surface area (Å²) in [6.45, 7) is 1.67. The van der Waals surface area contributed by atoms with Crippen LogP contribution in [0.4, 0.5) is 4.39 Å². The first kappa shape index (κ1) is 17.8. The number of tetrazole rings is 1. The molecule has 0 bridgehead atoms. The lowest BCUT2D eigenvalue weighted by atomic mass is 10.0. The van der Waals surface area contributed by atoms with Crippen LogP contribution in [0.2, 0.25) is 0 Å². The number of benzene rings is 2. The lowest BCUT2D eigenvalue weighted by Gasteiger charge is -2.06. The number of halogens is 1. The van der Waals surface area contributed by atoms with Gasteiger partial charge in [0.2, 0.25) is 5.82 Å². The van der Waals surface area contributed by atoms with Crippen molar-refractivity contribution in [3.8, 4) is 17.1 Å². The van der Waals surface area contributed by atoms with E-state index < -0.39 is 11.7 Å². The highest BCUT2D eigenvalue weighted by Crippen LogP contribution is 2.39. The van der Waals surface area contributed by atoms with Crippen LogP contribution in [0, 0.1) is 5.82 Å². The highest BCUT2D eigenvalue weighted by Gasteiger charge is 2.30. The zero-order valence-electron chi connectivity index (χ0n) is 15.0. The van der Waals surface area contributed by atoms with Crippen LogP contribution < -0.4 is 5.43 Å². The Bertz CT molecular complexity index is 1060. The fourth-order valence-electron chi connectivity index (χ4n) is 3.27. The molecular weight excluding hydrogens is 363 g/mol. The zero-order chi connectivity index (χ0) is 19.7. The van der Waals surface area contributed by atoms with Crippen molar-refractivity contribution in [1.82, 2.24) is 25.6 Å². The van der Waals surface area contributed by atoms with Crippen LogP contribution >= 0.6 is 0 Å². The first-order valence-corrected chi connectivity index (χ1v) is 8.73. The maximum Gasteiger partial charge on any atom is 0.263 e. The fraction of sp³-hybridized carbons (Fsp3) is 0.211. The van der Waals surface area contributed by atoms with Crippen molar-refractivity contribution in [2.45, 2.75) is 25.8 Å². The van der Waals surface area contributed by atoms with Crippen LogP contribution in [0.25, 0.3) is 11.4 Å². The molecule has 9 heteroatoms. The molecule has 3 aromatic rings. The van der Waals surface area contributed by atoms with Crippen molar-refractivity contribution in [3.05, 3.63) is 59.4 Å². The van der Waals surface area contributed by atoms with E-state index in [0.717, 1.165) is 5.56 Å². The second kappa shape index (κ2) is 7.18. The molecule has 1 aromatic heterocycles. The van der Waals surface area contributed by atoms with Gasteiger partial charge in [-0.15, -0.1) is 10.2 Å². The summed E-state index contributed by atoms with van der Waals surface area (Å²) in [4.78, 5) is 13.3. The van der Waals surface area contributed by atoms with Crippen molar-refractivity contribution in [2.75, 3.05) is 0 Å². The van der Waals surface area contributed by atoms with Crippen molar-refractivity contribution in [1.29, 1.82) is 0 Å². The smallest absolute Gasteiger partial charge is 0.263 e. The number of hydrogen-bond donors (Lipinski definition) is 2. The first-order chi connectivity index (χ1) is 13.5. The second-order valence-corrected chi connectivity index (χ2v) is 6.56. The lowest BCUT2D eigenvalue weighted by molar-refractivity contribution is -0.122. The Balaban J connectivity index is 1.46. The molecule has 0 radical (unpaired) electrons. The van der Waals surface area contributed by atoms with Gasteiger partial charge in [-0.05, 0) is 29.7 Å². The number of phenols is 1. The van der Waals surface area contributed by atoms with Crippen LogP contribution in [0.3, 0.4) is 0 Å². The molecule has 0 fully saturated rings. The van der Waals surface area contributed by atoms with Crippen LogP contribution in [0.15, 0.2) is 47.6 Å². The molecule has 2 N–H and O–H groups in total. The Kier molecular flexibility index (Phi) is 4.56. The predicted molar refractivity (Wildman–Crippen MR) is 99.0 cm³/mol. The standard InChI is InChI=1S/C19H17FN6O2/c1-11-9-14(18-15(27)8-7-13(20)17(11)18)21-22-16(28)10-26-24-19(23-25-26)12-5-3-2-4-6-12/h2-8,11,27H,9-10H2,1H3,(H,22,28)/b21-14+/t11-/m0/s1. The minimum absolute atomic E-state index is 0.0563. The number of nitrogens with one attached hydrogen (secondary N) is 1. The Morgan fingerprint density at radius 3 is 2.89 bits per heavy atom. The third-order valence-corrected chi connectivity index (χ3v) is 4.54. The summed E-state index contributed by atoms with van der Waals surface area (Å²) in [6, 6.07) is 11.8. The quantitative estimate of drug-likeness (QED) is 0.675. The molecule has 8 nitrogen and oxygen atoms in total. The third-order valence-electron chi connectivity index (χ3n) is 4.54. The highest BCUT2D eigenvalue weighted by atomic mass is 19.1. The van der Waals surface area contributed by atoms with E-state index in [9.17, 15) is 14.3 Å². The van der Waals surface area contributed by atoms with E-state index >= 15 is 0 Å². The SMILES string of the molecule is C[C@H]1C/C(=N\NC(=O)Cn2nnc(-c3ccccc3)n2)c2c(O)ccc(F)c21. The van der Waals surface area contributed by atoms with Gasteiger partial charge in [-0.1, -0.05) is 37.3 Å². The van der Waals surface area contributed by atoms with Crippen LogP contribution in [-0.4, -0.2) is 36.9 Å². The van der Waals surface area contributed by atoms with Crippen molar-refractivity contribution >= 4 is 11.6 Å². The molecule has 2 aromatic carbocycles. The molecule has 1 aliphatic rings. The number of aromatic nitrogens is 4. The zero-order valence-corrected chi connectivity index (χ0v) is 15.0. The van der Waals surface area contributed by atoms with Crippen molar-refractivity contribution < 1.29 is 14.3 Å². The molecule has 142 valence electrons. The number of amides is 1. The molecule has 1 aliphatic carbocycles. The van der Waals surface area contributed by atoms with Gasteiger partial charge in [0, 0.05) is 16.7 Å². The molecule has 0 spiro atoms. The molecule has 0 saturated carbocycles. The van der Waals surface area contributed by atoms with Gasteiger partial charge < -0.3 is 5.11 Å². The number of carbonyl (C=O) groups is 1. The minimum Gasteiger partial charge on any atom is -0.507 e. The number of rotatable bonds is 4. The molecule has 0 saturated heterocycles. The number of nitrogens with zero attached hydrogens (tertiary/aromatic N) is 5. The van der Waals surface area contributed by atoms with E-state index in [0.29, 0.717) is 29.1 Å². The summed E-state index contributed by atoms with van der Waals surface area (Å²) < 4.78 is 14.0. The third kappa shape index (κ3) is 3.34. The summed E-state index contributed by atoms with van der Waals surface area (Å²) in [5.41, 5.74) is 4.41. The number of hydrazone groups is 1. The van der Waals surface area contributed by atoms with Gasteiger partial charge in [0.1, 0.15) is 18.1 Å². The molecular formula is C19H17FN6O2. The van der Waals surface area contributed by atoms with E-state index in [1.807, 2.05) is 37.3 Å². The van der Waals surface area contributed by atoms with Gasteiger partial charge in [0.25, 0.3) is 5.91 Å². The topological polar surface area (TPSA) is 105 Å². The Hall–Kier alpha value is -3.62. The van der Waals surface area contributed by atoms with Gasteiger partial charge in [0.05, 0.1) is 5.71 Å². The van der Waals surface area contributed by atoms with E-state index in [1.165, 1.54) is 16.9 Å². The molecule has 1 atom stereocenters. The van der Waals surface area contributed by atoms with Crippen LogP contribution in [-0.2, 0) is 11.3 Å². The van der Waals surface area contributed by atoms with Gasteiger partial charge >= 0.3 is 0 Å². The monoisotopic (exact) mass is 380 g/mol. The van der Waals surface area contributed by atoms with Crippen LogP contribution in [0.1, 0.15) is 30.4 Å². The number of phenolic OH excluding ortho intramolecular Hbond substituents is 1. The Morgan fingerprint density at radius 2 is 2.11 bits per heavy atom. The summed E-state index contributed by atoms with van der Waals surface area (Å²) in [5.74, 6) is -0.625. The normalized spacial score (nSPS) is 16.9. The van der Waals surface area contributed by atoms with Crippen molar-refractivity contribution in [2.24, 2.45) is 5.10 Å². The highest BCUT2D eigenvalue weighted by molar-refractivity contribution is 6.07. The van der Waals surface area contributed by atoms with E-state index in [-0.39, 0.29) is 18.2 Å². The van der Waals surface area contributed by atoms with Gasteiger partial charge in [0.15, 0.2) is 0 Å². The predicted octanol–water partition coefficient (Wildman–Crippen LogP) is 2.21. The lowest BCUT2D eigenvalue weighted by Crippen LogP contribution is -2.25. The maximum absolute atomic E-state index is 14.0. The number of fused-ring (bicyclic) bond motifs is 1. The van der Waals surface area contributed by atoms with E-state index in [2.05, 4.69) is 25.9 Å². The van der Waals surface area contributed by atoms with Gasteiger partial charge in [-0.25, -0.2) is 9.82 Å². The molecule has 0 aliphatic heterocycles. The summed E-state index contributed by atoms with van der Waals surface area (Å²) in [7, 11) is 0. The summed E-state index contributed by atoms with van der Waals surface area (Å²) >= 11 is 0. The first-order valence-electron chi connectivity index (χ1n) is 8.73. The van der Waals surface area contributed by atoms with Crippen molar-refractivity contribution in [3.63, 3.8) is 0 Å². The van der Waals surface area contributed by atoms with E-state index in [1.54, 1.807) is 0 Å². The second-order valence-electron chi connectivity index (χ2n) is 6.56. The van der Waals surface area contributed by atoms with Gasteiger partial charge in [-0.2, -0.15) is 9.90 Å². The van der Waals surface area contributed by atoms with Gasteiger partial charge in [-0.3, -0.25) is 4.79 Å². The molecule has 0 unspecified atom stereocenters. The largest absolute Gasteiger partial charge is 0.507 e. The summed E-state index contributed by atoms with van der Waals surface area (Å²) in [5, 5.41) is 26.1. The molecule has 28 heavy (non-hydrogen) atoms. The molecule has 4 rings (SSSR count). The van der Waals surface area contributed by atoms with E-state index in [4.69, 9.17) is 0 Å². The Morgan fingerprint density at radius 1 is 1.32 bits per heavy atom. The number of aromatic hydroxyl groups is 1. The van der Waals surface area contributed by atoms with Crippen LogP contribution in [0.5, 0.6) is 5.75 Å². The summed E-state index contributed by atoms with van der Waals surface area (Å²) in [6.07, 6.45) is 0.420. The average molecular weight is 380 g/mol. The Labute approximate surface area is 159 Å². The maximum atomic E-state index is 14.0. The fourth-order valence-corrected chi connectivity index (χ4v) is 3.27. The minimum atomic E-state index is -0.457. The molecule has 1 heterocycles. The average Bonchev–Trinajstić information content (AvgIpc) is 3.29. The number of hydrogen-bond acceptors (Lipinski definition) is 6. The molecule has 1 amide bonds. The number of carbonyl (C=O) groups excluding carboxylic acids is 1.